The quantitative estimate of drug-likeness (QED) is 0.00658. The van der Waals surface area contributed by atoms with Crippen molar-refractivity contribution in [3.8, 4) is 29.2 Å². The summed E-state index contributed by atoms with van der Waals surface area (Å²) in [6.45, 7) is 10.9. The van der Waals surface area contributed by atoms with E-state index in [4.69, 9.17) is 46.6 Å². The third-order valence-electron chi connectivity index (χ3n) is 15.4. The van der Waals surface area contributed by atoms with Gasteiger partial charge in [0, 0.05) is 77.2 Å². The Morgan fingerprint density at radius 1 is 0.561 bits per heavy atom. The predicted octanol–water partition coefficient (Wildman–Crippen LogP) is 10.4. The third-order valence-corrected chi connectivity index (χ3v) is 16.2. The second-order valence-corrected chi connectivity index (χ2v) is 24.1. The Morgan fingerprint density at radius 2 is 0.918 bits per heavy atom. The number of aliphatic hydroxyl groups excluding tert-OH is 1. The van der Waals surface area contributed by atoms with Crippen molar-refractivity contribution in [2.45, 2.75) is 97.7 Å². The number of hydrogen-bond donors (Lipinski definition) is 8. The Morgan fingerprint density at radius 3 is 1.24 bits per heavy atom. The molecule has 6 aromatic carbocycles. The minimum absolute atomic E-state index is 0.0194. The minimum Gasteiger partial charge on any atom is -0.474 e. The first-order chi connectivity index (χ1) is 47.3. The normalized spacial score (nSPS) is 12.9. The second kappa shape index (κ2) is 37.2. The van der Waals surface area contributed by atoms with Gasteiger partial charge in [-0.2, -0.15) is 5.26 Å². The number of nitriles is 1. The predicted molar refractivity (Wildman–Crippen MR) is 380 cm³/mol. The highest BCUT2D eigenvalue weighted by molar-refractivity contribution is 8.02. The zero-order chi connectivity index (χ0) is 70.8. The molecule has 0 saturated heterocycles. The highest BCUT2D eigenvalue weighted by Gasteiger charge is 2.31. The van der Waals surface area contributed by atoms with Gasteiger partial charge in [0.15, 0.2) is 0 Å². The molecule has 0 atom stereocenters. The molecule has 3 amide bonds. The van der Waals surface area contributed by atoms with Gasteiger partial charge in [-0.25, -0.2) is 9.36 Å². The van der Waals surface area contributed by atoms with Gasteiger partial charge in [-0.3, -0.25) is 34.6 Å². The number of benzene rings is 6. The Hall–Kier alpha value is -10.4. The number of nitrogens with zero attached hydrogens (tertiary/aromatic N) is 5. The van der Waals surface area contributed by atoms with Gasteiger partial charge < -0.3 is 56.9 Å². The van der Waals surface area contributed by atoms with E-state index < -0.39 is 0 Å². The molecular formula is C74H86N12O11S. The van der Waals surface area contributed by atoms with Gasteiger partial charge in [0.25, 0.3) is 17.7 Å². The summed E-state index contributed by atoms with van der Waals surface area (Å²) in [5.74, 6) is 4.81. The lowest BCUT2D eigenvalue weighted by molar-refractivity contribution is 0.0942. The summed E-state index contributed by atoms with van der Waals surface area (Å²) >= 11 is 1.42. The molecule has 3 aliphatic carbocycles. The fourth-order valence-electron chi connectivity index (χ4n) is 9.22. The lowest BCUT2D eigenvalue weighted by Gasteiger charge is -2.11. The first-order valence-corrected chi connectivity index (χ1v) is 33.3. The number of thioether (sulfide) groups is 1. The second-order valence-electron chi connectivity index (χ2n) is 23.1. The van der Waals surface area contributed by atoms with Gasteiger partial charge in [-0.15, -0.1) is 22.0 Å². The molecule has 0 bridgehead atoms. The van der Waals surface area contributed by atoms with Crippen LogP contribution in [0.2, 0.25) is 0 Å². The van der Waals surface area contributed by atoms with E-state index in [0.29, 0.717) is 70.6 Å². The average molecular weight is 1350 g/mol. The maximum atomic E-state index is 13.2. The van der Waals surface area contributed by atoms with E-state index in [1.165, 1.54) is 21.1 Å². The molecular weight excluding hydrogens is 1260 g/mol. The van der Waals surface area contributed by atoms with Crippen molar-refractivity contribution in [1.82, 2.24) is 35.5 Å². The largest absolute Gasteiger partial charge is 0.474 e. The highest BCUT2D eigenvalue weighted by atomic mass is 32.2. The van der Waals surface area contributed by atoms with Gasteiger partial charge in [-0.1, -0.05) is 116 Å². The molecule has 11 N–H and O–H groups in total. The van der Waals surface area contributed by atoms with Gasteiger partial charge in [0.2, 0.25) is 29.1 Å². The van der Waals surface area contributed by atoms with Crippen LogP contribution in [-0.2, 0) is 9.47 Å². The molecule has 0 unspecified atom stereocenters. The molecule has 11 rings (SSSR count). The number of amides is 3. The number of hydrazine groups is 1. The van der Waals surface area contributed by atoms with Crippen LogP contribution < -0.4 is 48.2 Å². The SMILES string of the molecule is CCCO.COCCOc1nn(-c2cc(C(=O)NC3CC3)ccc2C)c(N)c1C(=O)c1ccccc1.COCCOc1nn(-c2cc(C(=O)NC3CC3)ccc2C)c(N)c1C(=O)c1ccccc1.CS/C(C)=C(\C#N)C(=O)c1ccccc1.Cc1ccc(C(=O)NC2CC2)cc1NN. The van der Waals surface area contributed by atoms with E-state index in [0.717, 1.165) is 72.2 Å². The molecule has 8 aromatic rings. The summed E-state index contributed by atoms with van der Waals surface area (Å²) in [5, 5.41) is 34.7. The molecule has 3 fully saturated rings. The van der Waals surface area contributed by atoms with Crippen molar-refractivity contribution in [3.05, 3.63) is 217 Å². The van der Waals surface area contributed by atoms with Crippen LogP contribution in [0.15, 0.2) is 156 Å². The molecule has 3 saturated carbocycles. The highest BCUT2D eigenvalue weighted by Crippen LogP contribution is 2.34. The Balaban J connectivity index is 0.000000191. The van der Waals surface area contributed by atoms with Crippen molar-refractivity contribution >= 4 is 64.2 Å². The minimum atomic E-state index is -0.290. The summed E-state index contributed by atoms with van der Waals surface area (Å²) in [6.07, 6.45) is 8.94. The number of aromatic nitrogens is 4. The molecule has 0 aliphatic heterocycles. The van der Waals surface area contributed by atoms with Crippen LogP contribution in [-0.4, -0.2) is 131 Å². The number of hydrogen-bond acceptors (Lipinski definition) is 19. The number of carbonyl (C=O) groups is 6. The number of rotatable bonds is 25. The number of aliphatic hydroxyl groups is 1. The molecule has 3 aliphatic rings. The van der Waals surface area contributed by atoms with Crippen LogP contribution >= 0.6 is 11.8 Å². The number of ether oxygens (including phenoxy) is 4. The third kappa shape index (κ3) is 21.0. The standard InChI is InChI=1S/2C24H26N4O4.C12H11NOS.C11H15N3O.C3H8O/c2*1-15-8-9-17(23(30)26-18-10-11-18)14-19(15)28-22(25)20(24(27-28)32-13-12-31-2)21(29)16-6-4-3-5-7-16;1-9(15-2)11(8-13)12(14)10-6-4-3-5-7-10;1-7-2-3-8(6-10(7)14-12)11(15)13-9-4-5-9;1-2-3-4/h2*3-9,14,18H,10-13,25H2,1-2H3,(H,26,30);3-7H,1-2H3;2-3,6,9,14H,4-5,12H2,1H3,(H,13,15);4H,2-3H2,1H3/b;;11-9+;;. The number of Topliss-reactive ketones (excluding diaryl/α,β-unsaturated/α-hetero) is 1. The van der Waals surface area contributed by atoms with Crippen molar-refractivity contribution < 1.29 is 52.8 Å². The monoisotopic (exact) mass is 1350 g/mol. The molecule has 2 aromatic heterocycles. The van der Waals surface area contributed by atoms with Gasteiger partial charge >= 0.3 is 0 Å². The van der Waals surface area contributed by atoms with Crippen LogP contribution in [0.4, 0.5) is 17.3 Å². The Kier molecular flexibility index (Phi) is 28.4. The number of nitrogen functional groups attached to an aromatic ring is 3. The number of aryl methyl sites for hydroxylation is 3. The summed E-state index contributed by atoms with van der Waals surface area (Å²) in [7, 11) is 3.13. The first kappa shape index (κ1) is 75.0. The fourth-order valence-corrected chi connectivity index (χ4v) is 9.56. The number of carbonyl (C=O) groups excluding carboxylic acids is 6. The van der Waals surface area contributed by atoms with E-state index in [-0.39, 0.29) is 100 Å². The van der Waals surface area contributed by atoms with Gasteiger partial charge in [0.05, 0.1) is 30.3 Å². The lowest BCUT2D eigenvalue weighted by Crippen LogP contribution is -2.25. The number of anilines is 3. The molecule has 0 spiro atoms. The van der Waals surface area contributed by atoms with Gasteiger partial charge in [0.1, 0.15) is 47.6 Å². The van der Waals surface area contributed by atoms with Crippen molar-refractivity contribution in [2.75, 3.05) is 70.4 Å². The van der Waals surface area contributed by atoms with Crippen LogP contribution in [0, 0.1) is 32.1 Å². The molecule has 2 heterocycles. The van der Waals surface area contributed by atoms with E-state index in [9.17, 15) is 28.8 Å². The van der Waals surface area contributed by atoms with Crippen molar-refractivity contribution in [1.29, 1.82) is 5.26 Å². The zero-order valence-corrected chi connectivity index (χ0v) is 57.3. The number of nitrogens with two attached hydrogens (primary N) is 3. The number of nitrogens with one attached hydrogen (secondary N) is 4. The fraction of sp³-hybridized carbons (Fsp3) is 0.311. The van der Waals surface area contributed by atoms with E-state index in [1.54, 1.807) is 124 Å². The Labute approximate surface area is 575 Å². The number of ketones is 3. The van der Waals surface area contributed by atoms with Crippen molar-refractivity contribution in [3.63, 3.8) is 0 Å². The first-order valence-electron chi connectivity index (χ1n) is 32.1. The van der Waals surface area contributed by atoms with Gasteiger partial charge in [-0.05, 0) is 132 Å². The maximum absolute atomic E-state index is 13.2. The molecule has 0 radical (unpaired) electrons. The average Bonchev–Trinajstić information content (AvgIpc) is 1.59. The van der Waals surface area contributed by atoms with E-state index >= 15 is 0 Å². The zero-order valence-electron chi connectivity index (χ0n) is 56.5. The van der Waals surface area contributed by atoms with Crippen LogP contribution in [0.3, 0.4) is 0 Å². The summed E-state index contributed by atoms with van der Waals surface area (Å²) < 4.78 is 24.5. The van der Waals surface area contributed by atoms with E-state index in [2.05, 4.69) is 31.6 Å². The molecule has 24 heteroatoms. The lowest BCUT2D eigenvalue weighted by atomic mass is 10.0. The number of allylic oxidation sites excluding steroid dienone is 2. The summed E-state index contributed by atoms with van der Waals surface area (Å²) in [6, 6.07) is 45.5. The Bertz CT molecular complexity index is 3940. The van der Waals surface area contributed by atoms with Crippen LogP contribution in [0.1, 0.15) is 149 Å². The van der Waals surface area contributed by atoms with Crippen LogP contribution in [0.25, 0.3) is 11.4 Å². The molecule has 23 nitrogen and oxygen atoms in total. The summed E-state index contributed by atoms with van der Waals surface area (Å²) in [5.41, 5.74) is 23.9. The van der Waals surface area contributed by atoms with Crippen LogP contribution in [0.5, 0.6) is 11.8 Å². The maximum Gasteiger partial charge on any atom is 0.251 e. The molecule has 98 heavy (non-hydrogen) atoms. The number of methoxy groups -OCH3 is 2. The van der Waals surface area contributed by atoms with Crippen molar-refractivity contribution in [2.24, 2.45) is 5.84 Å². The topological polar surface area (TPSA) is 345 Å². The molecule has 514 valence electrons. The van der Waals surface area contributed by atoms with E-state index in [1.807, 2.05) is 82.5 Å². The summed E-state index contributed by atoms with van der Waals surface area (Å²) in [4.78, 5) is 75.9. The smallest absolute Gasteiger partial charge is 0.251 e.